The maximum Gasteiger partial charge on any atom is 0.337 e. The number of aliphatic hydroxyl groups excluding tert-OH is 2. The van der Waals surface area contributed by atoms with Crippen molar-refractivity contribution in [3.63, 3.8) is 0 Å². The number of hydrogen-bond donors (Lipinski definition) is 2. The first-order valence-corrected chi connectivity index (χ1v) is 5.16. The highest BCUT2D eigenvalue weighted by molar-refractivity contribution is 5.75. The molecule has 0 bridgehead atoms. The molecule has 14 heavy (non-hydrogen) atoms. The number of carbonyl (C=O) groups is 1. The normalized spacial score (nSPS) is 14.9. The van der Waals surface area contributed by atoms with E-state index in [4.69, 9.17) is 0 Å². The lowest BCUT2D eigenvalue weighted by atomic mass is 10.1. The zero-order valence-corrected chi connectivity index (χ0v) is 8.90. The Morgan fingerprint density at radius 2 is 1.93 bits per heavy atom. The van der Waals surface area contributed by atoms with E-state index in [-0.39, 0.29) is 6.61 Å². The van der Waals surface area contributed by atoms with E-state index in [1.54, 1.807) is 6.92 Å². The number of aliphatic hydroxyl groups is 2. The Bertz CT molecular complexity index is 158. The first-order valence-electron chi connectivity index (χ1n) is 5.16. The van der Waals surface area contributed by atoms with Crippen LogP contribution in [0.2, 0.25) is 0 Å². The molecule has 0 heterocycles. The van der Waals surface area contributed by atoms with Crippen LogP contribution in [-0.4, -0.2) is 35.0 Å². The zero-order valence-electron chi connectivity index (χ0n) is 8.90. The van der Waals surface area contributed by atoms with Gasteiger partial charge in [0.1, 0.15) is 0 Å². The predicted molar refractivity (Wildman–Crippen MR) is 52.8 cm³/mol. The van der Waals surface area contributed by atoms with Gasteiger partial charge in [-0.15, -0.1) is 0 Å². The lowest BCUT2D eigenvalue weighted by Crippen LogP contribution is -2.35. The molecule has 2 unspecified atom stereocenters. The van der Waals surface area contributed by atoms with Crippen LogP contribution >= 0.6 is 0 Å². The summed E-state index contributed by atoms with van der Waals surface area (Å²) in [6.45, 7) is 3.93. The first kappa shape index (κ1) is 13.4. The van der Waals surface area contributed by atoms with Gasteiger partial charge in [0.2, 0.25) is 0 Å². The number of esters is 1. The van der Waals surface area contributed by atoms with Gasteiger partial charge < -0.3 is 14.9 Å². The van der Waals surface area contributed by atoms with Gasteiger partial charge in [0, 0.05) is 0 Å². The van der Waals surface area contributed by atoms with Crippen molar-refractivity contribution in [3.8, 4) is 0 Å². The van der Waals surface area contributed by atoms with Gasteiger partial charge in [-0.25, -0.2) is 4.79 Å². The Labute approximate surface area is 84.9 Å². The lowest BCUT2D eigenvalue weighted by molar-refractivity contribution is -0.159. The van der Waals surface area contributed by atoms with Crippen LogP contribution < -0.4 is 0 Å². The van der Waals surface area contributed by atoms with E-state index in [9.17, 15) is 15.0 Å². The highest BCUT2D eigenvalue weighted by Crippen LogP contribution is 2.07. The quantitative estimate of drug-likeness (QED) is 0.476. The molecule has 0 aliphatic heterocycles. The molecule has 0 aromatic rings. The van der Waals surface area contributed by atoms with Crippen LogP contribution in [0.15, 0.2) is 0 Å². The van der Waals surface area contributed by atoms with Gasteiger partial charge in [-0.3, -0.25) is 0 Å². The monoisotopic (exact) mass is 204 g/mol. The topological polar surface area (TPSA) is 66.8 Å². The Kier molecular flexibility index (Phi) is 7.42. The third-order valence-corrected chi connectivity index (χ3v) is 2.00. The molecule has 0 aromatic carbocycles. The zero-order chi connectivity index (χ0) is 11.0. The summed E-state index contributed by atoms with van der Waals surface area (Å²) in [4.78, 5) is 11.0. The molecule has 0 radical (unpaired) electrons. The Morgan fingerprint density at radius 3 is 2.43 bits per heavy atom. The van der Waals surface area contributed by atoms with E-state index in [0.717, 1.165) is 19.3 Å². The van der Waals surface area contributed by atoms with Crippen molar-refractivity contribution in [2.45, 2.75) is 51.7 Å². The van der Waals surface area contributed by atoms with E-state index < -0.39 is 18.2 Å². The van der Waals surface area contributed by atoms with Gasteiger partial charge in [-0.1, -0.05) is 26.2 Å². The van der Waals surface area contributed by atoms with Crippen LogP contribution in [0, 0.1) is 0 Å². The minimum Gasteiger partial charge on any atom is -0.464 e. The third kappa shape index (κ3) is 5.19. The van der Waals surface area contributed by atoms with Gasteiger partial charge in [-0.05, 0) is 13.3 Å². The van der Waals surface area contributed by atoms with Crippen molar-refractivity contribution < 1.29 is 19.7 Å². The summed E-state index contributed by atoms with van der Waals surface area (Å²) in [5, 5.41) is 18.7. The fourth-order valence-electron chi connectivity index (χ4n) is 1.15. The lowest BCUT2D eigenvalue weighted by Gasteiger charge is -2.15. The smallest absolute Gasteiger partial charge is 0.337 e. The van der Waals surface area contributed by atoms with Crippen molar-refractivity contribution in [2.24, 2.45) is 0 Å². The van der Waals surface area contributed by atoms with Crippen molar-refractivity contribution in [1.29, 1.82) is 0 Å². The van der Waals surface area contributed by atoms with Crippen LogP contribution in [0.3, 0.4) is 0 Å². The fourth-order valence-corrected chi connectivity index (χ4v) is 1.15. The van der Waals surface area contributed by atoms with Crippen LogP contribution in [0.1, 0.15) is 39.5 Å². The molecule has 0 spiro atoms. The van der Waals surface area contributed by atoms with Crippen LogP contribution in [0.25, 0.3) is 0 Å². The molecule has 0 rings (SSSR count). The van der Waals surface area contributed by atoms with Crippen LogP contribution in [0.5, 0.6) is 0 Å². The van der Waals surface area contributed by atoms with Crippen LogP contribution in [-0.2, 0) is 9.53 Å². The summed E-state index contributed by atoms with van der Waals surface area (Å²) in [5.41, 5.74) is 0. The number of ether oxygens (including phenoxy) is 1. The molecule has 0 aliphatic carbocycles. The highest BCUT2D eigenvalue weighted by atomic mass is 16.5. The molecule has 0 aliphatic rings. The van der Waals surface area contributed by atoms with Gasteiger partial charge in [-0.2, -0.15) is 0 Å². The van der Waals surface area contributed by atoms with Crippen molar-refractivity contribution in [2.75, 3.05) is 6.61 Å². The molecule has 2 N–H and O–H groups in total. The standard InChI is InChI=1S/C10H20O4/c1-3-5-6-7-8(11)9(12)10(13)14-4-2/h8-9,11-12H,3-7H2,1-2H3. The van der Waals surface area contributed by atoms with E-state index in [0.29, 0.717) is 6.42 Å². The summed E-state index contributed by atoms with van der Waals surface area (Å²) >= 11 is 0. The first-order chi connectivity index (χ1) is 6.63. The minimum atomic E-state index is -1.40. The van der Waals surface area contributed by atoms with Gasteiger partial charge in [0.25, 0.3) is 0 Å². The summed E-state index contributed by atoms with van der Waals surface area (Å²) in [6, 6.07) is 0. The second kappa shape index (κ2) is 7.76. The second-order valence-electron chi connectivity index (χ2n) is 3.26. The molecule has 84 valence electrons. The number of carbonyl (C=O) groups excluding carboxylic acids is 1. The fraction of sp³-hybridized carbons (Fsp3) is 0.900. The average molecular weight is 204 g/mol. The summed E-state index contributed by atoms with van der Waals surface area (Å²) in [7, 11) is 0. The predicted octanol–water partition coefficient (Wildman–Crippen LogP) is 0.852. The van der Waals surface area contributed by atoms with Crippen molar-refractivity contribution >= 4 is 5.97 Å². The Hall–Kier alpha value is -0.610. The van der Waals surface area contributed by atoms with E-state index in [1.807, 2.05) is 6.92 Å². The number of rotatable bonds is 7. The number of unbranched alkanes of at least 4 members (excludes halogenated alkanes) is 2. The summed E-state index contributed by atoms with van der Waals surface area (Å²) in [5.74, 6) is -0.739. The minimum absolute atomic E-state index is 0.220. The highest BCUT2D eigenvalue weighted by Gasteiger charge is 2.24. The molecule has 0 saturated heterocycles. The largest absolute Gasteiger partial charge is 0.464 e. The molecule has 4 nitrogen and oxygen atoms in total. The SMILES string of the molecule is CCCCCC(O)C(O)C(=O)OCC. The van der Waals surface area contributed by atoms with Crippen molar-refractivity contribution in [3.05, 3.63) is 0 Å². The van der Waals surface area contributed by atoms with Crippen molar-refractivity contribution in [1.82, 2.24) is 0 Å². The third-order valence-electron chi connectivity index (χ3n) is 2.00. The molecule has 0 fully saturated rings. The van der Waals surface area contributed by atoms with Crippen LogP contribution in [0.4, 0.5) is 0 Å². The summed E-state index contributed by atoms with van der Waals surface area (Å²) in [6.07, 6.45) is 0.893. The van der Waals surface area contributed by atoms with Gasteiger partial charge in [0.05, 0.1) is 12.7 Å². The maximum atomic E-state index is 11.0. The van der Waals surface area contributed by atoms with E-state index >= 15 is 0 Å². The molecular formula is C10H20O4. The second-order valence-corrected chi connectivity index (χ2v) is 3.26. The van der Waals surface area contributed by atoms with Gasteiger partial charge in [0.15, 0.2) is 6.10 Å². The maximum absolute atomic E-state index is 11.0. The Balaban J connectivity index is 3.74. The molecule has 0 amide bonds. The molecular weight excluding hydrogens is 184 g/mol. The molecule has 2 atom stereocenters. The average Bonchev–Trinajstić information content (AvgIpc) is 2.17. The molecule has 0 saturated carbocycles. The summed E-state index contributed by atoms with van der Waals surface area (Å²) < 4.78 is 4.58. The molecule has 4 heteroatoms. The number of hydrogen-bond acceptors (Lipinski definition) is 4. The molecule has 0 aromatic heterocycles. The van der Waals surface area contributed by atoms with E-state index in [2.05, 4.69) is 4.74 Å². The van der Waals surface area contributed by atoms with Gasteiger partial charge >= 0.3 is 5.97 Å². The Morgan fingerprint density at radius 1 is 1.29 bits per heavy atom. The van der Waals surface area contributed by atoms with E-state index in [1.165, 1.54) is 0 Å².